The topological polar surface area (TPSA) is 28.3 Å². The fourth-order valence-electron chi connectivity index (χ4n) is 4.38. The lowest BCUT2D eigenvalue weighted by molar-refractivity contribution is -0.0446. The number of aromatic nitrogens is 1. The minimum Gasteiger partial charge on any atom is -0.375 e. The van der Waals surface area contributed by atoms with Gasteiger partial charge in [0.1, 0.15) is 0 Å². The van der Waals surface area contributed by atoms with Gasteiger partial charge in [-0.2, -0.15) is 0 Å². The van der Waals surface area contributed by atoms with Crippen LogP contribution in [0.1, 0.15) is 49.3 Å². The van der Waals surface area contributed by atoms with E-state index < -0.39 is 0 Å². The summed E-state index contributed by atoms with van der Waals surface area (Å²) in [5.74, 6) is 6.41. The molecule has 2 fully saturated rings. The average Bonchev–Trinajstić information content (AvgIpc) is 3.24. The molecule has 0 atom stereocenters. The molecule has 1 spiro atoms. The summed E-state index contributed by atoms with van der Waals surface area (Å²) in [6.07, 6.45) is 6.87. The molecule has 0 amide bonds. The zero-order chi connectivity index (χ0) is 16.6. The molecule has 0 aliphatic carbocycles. The van der Waals surface area contributed by atoms with Crippen molar-refractivity contribution in [2.24, 2.45) is 0 Å². The third-order valence-electron chi connectivity index (χ3n) is 5.75. The van der Waals surface area contributed by atoms with Gasteiger partial charge in [0.2, 0.25) is 0 Å². The van der Waals surface area contributed by atoms with Crippen LogP contribution in [0.2, 0.25) is 0 Å². The first-order chi connectivity index (χ1) is 11.7. The molecule has 3 heteroatoms. The van der Waals surface area contributed by atoms with E-state index in [4.69, 9.17) is 4.74 Å². The van der Waals surface area contributed by atoms with E-state index in [-0.39, 0.29) is 5.60 Å². The maximum atomic E-state index is 6.06. The monoisotopic (exact) mass is 322 g/mol. The molecule has 0 bridgehead atoms. The molecule has 2 aromatic rings. The largest absolute Gasteiger partial charge is 0.375 e. The van der Waals surface area contributed by atoms with Crippen LogP contribution in [0.25, 0.3) is 10.9 Å². The Morgan fingerprint density at radius 3 is 2.83 bits per heavy atom. The van der Waals surface area contributed by atoms with Crippen molar-refractivity contribution in [3.63, 3.8) is 0 Å². The second kappa shape index (κ2) is 6.27. The van der Waals surface area contributed by atoms with Crippen LogP contribution in [0.15, 0.2) is 18.3 Å². The first-order valence-electron chi connectivity index (χ1n) is 9.09. The van der Waals surface area contributed by atoms with Crippen molar-refractivity contribution < 1.29 is 4.74 Å². The standard InChI is InChI=1S/C21H26N2O/c1-3-5-17-14-16(2)20-18(6-10-22-20)19(17)15-23-11-8-21(9-12-23)7-4-13-24-21/h6,10,14,22H,4,7-9,11-13,15H2,1-2H3. The highest BCUT2D eigenvalue weighted by atomic mass is 16.5. The number of aryl methyl sites for hydroxylation is 1. The van der Waals surface area contributed by atoms with Gasteiger partial charge in [-0.3, -0.25) is 4.90 Å². The number of nitrogens with zero attached hydrogens (tertiary/aromatic N) is 1. The Balaban J connectivity index is 1.60. The van der Waals surface area contributed by atoms with Crippen molar-refractivity contribution in [1.29, 1.82) is 0 Å². The zero-order valence-corrected chi connectivity index (χ0v) is 14.7. The highest BCUT2D eigenvalue weighted by molar-refractivity contribution is 5.88. The molecule has 126 valence electrons. The van der Waals surface area contributed by atoms with Crippen molar-refractivity contribution in [3.8, 4) is 11.8 Å². The minimum absolute atomic E-state index is 0.194. The van der Waals surface area contributed by atoms with E-state index in [9.17, 15) is 0 Å². The fraction of sp³-hybridized carbons (Fsp3) is 0.524. The number of nitrogens with one attached hydrogen (secondary N) is 1. The van der Waals surface area contributed by atoms with Crippen molar-refractivity contribution in [1.82, 2.24) is 9.88 Å². The molecule has 24 heavy (non-hydrogen) atoms. The van der Waals surface area contributed by atoms with E-state index in [2.05, 4.69) is 40.8 Å². The van der Waals surface area contributed by atoms with Crippen molar-refractivity contribution in [2.45, 2.75) is 51.7 Å². The second-order valence-corrected chi connectivity index (χ2v) is 7.27. The lowest BCUT2D eigenvalue weighted by Gasteiger charge is -2.38. The molecule has 2 aliphatic rings. The molecule has 2 saturated heterocycles. The second-order valence-electron chi connectivity index (χ2n) is 7.27. The fourth-order valence-corrected chi connectivity index (χ4v) is 4.38. The number of ether oxygens (including phenoxy) is 1. The maximum Gasteiger partial charge on any atom is 0.0707 e. The van der Waals surface area contributed by atoms with Crippen LogP contribution in [0, 0.1) is 18.8 Å². The minimum atomic E-state index is 0.194. The van der Waals surface area contributed by atoms with E-state index in [1.54, 1.807) is 0 Å². The maximum absolute atomic E-state index is 6.06. The summed E-state index contributed by atoms with van der Waals surface area (Å²) in [5, 5.41) is 1.32. The number of hydrogen-bond acceptors (Lipinski definition) is 2. The van der Waals surface area contributed by atoms with Crippen molar-refractivity contribution in [2.75, 3.05) is 19.7 Å². The van der Waals surface area contributed by atoms with Gasteiger partial charge >= 0.3 is 0 Å². The Morgan fingerprint density at radius 1 is 1.29 bits per heavy atom. The Hall–Kier alpha value is -1.76. The highest BCUT2D eigenvalue weighted by Crippen LogP contribution is 2.36. The lowest BCUT2D eigenvalue weighted by atomic mass is 9.88. The van der Waals surface area contributed by atoms with E-state index >= 15 is 0 Å². The summed E-state index contributed by atoms with van der Waals surface area (Å²) in [6, 6.07) is 4.43. The van der Waals surface area contributed by atoms with Crippen LogP contribution in [0.5, 0.6) is 0 Å². The molecular formula is C21H26N2O. The zero-order valence-electron chi connectivity index (χ0n) is 14.7. The van der Waals surface area contributed by atoms with Crippen molar-refractivity contribution >= 4 is 10.9 Å². The molecule has 1 aromatic carbocycles. The highest BCUT2D eigenvalue weighted by Gasteiger charge is 2.38. The van der Waals surface area contributed by atoms with Gasteiger partial charge in [-0.15, -0.1) is 5.92 Å². The third kappa shape index (κ3) is 2.75. The van der Waals surface area contributed by atoms with E-state index in [0.717, 1.165) is 26.2 Å². The number of H-pyrrole nitrogens is 1. The Bertz CT molecular complexity index is 792. The number of likely N-dealkylation sites (tertiary alicyclic amines) is 1. The normalized spacial score (nSPS) is 20.4. The average molecular weight is 322 g/mol. The van der Waals surface area contributed by atoms with Gasteiger partial charge in [0.05, 0.1) is 5.60 Å². The number of hydrogen-bond donors (Lipinski definition) is 1. The molecule has 0 radical (unpaired) electrons. The predicted molar refractivity (Wildman–Crippen MR) is 98.0 cm³/mol. The molecule has 0 unspecified atom stereocenters. The Labute approximate surface area is 144 Å². The van der Waals surface area contributed by atoms with Gasteiger partial charge in [-0.1, -0.05) is 5.92 Å². The van der Waals surface area contributed by atoms with E-state index in [1.165, 1.54) is 53.3 Å². The van der Waals surface area contributed by atoms with E-state index in [0.29, 0.717) is 0 Å². The number of benzene rings is 1. The predicted octanol–water partition coefficient (Wildman–Crippen LogP) is 3.99. The van der Waals surface area contributed by atoms with Gasteiger partial charge in [0.25, 0.3) is 0 Å². The van der Waals surface area contributed by atoms with Crippen LogP contribution >= 0.6 is 0 Å². The van der Waals surface area contributed by atoms with Gasteiger partial charge < -0.3 is 9.72 Å². The molecule has 1 aromatic heterocycles. The molecule has 3 heterocycles. The summed E-state index contributed by atoms with van der Waals surface area (Å²) < 4.78 is 6.06. The summed E-state index contributed by atoms with van der Waals surface area (Å²) in [7, 11) is 0. The number of aromatic amines is 1. The van der Waals surface area contributed by atoms with Crippen LogP contribution in [0.4, 0.5) is 0 Å². The SMILES string of the molecule is CC#Cc1cc(C)c2[nH]ccc2c1CN1CCC2(CCCO2)CC1. The molecule has 3 nitrogen and oxygen atoms in total. The Morgan fingerprint density at radius 2 is 2.12 bits per heavy atom. The summed E-state index contributed by atoms with van der Waals surface area (Å²) >= 11 is 0. The summed E-state index contributed by atoms with van der Waals surface area (Å²) in [6.45, 7) is 8.26. The Kier molecular flexibility index (Phi) is 4.12. The summed E-state index contributed by atoms with van der Waals surface area (Å²) in [5.41, 5.74) is 5.26. The molecular weight excluding hydrogens is 296 g/mol. The van der Waals surface area contributed by atoms with Crippen LogP contribution in [-0.4, -0.2) is 35.2 Å². The third-order valence-corrected chi connectivity index (χ3v) is 5.75. The van der Waals surface area contributed by atoms with Crippen molar-refractivity contribution in [3.05, 3.63) is 35.0 Å². The van der Waals surface area contributed by atoms with Crippen LogP contribution in [0.3, 0.4) is 0 Å². The molecule has 4 rings (SSSR count). The molecule has 1 N–H and O–H groups in total. The lowest BCUT2D eigenvalue weighted by Crippen LogP contribution is -2.43. The summed E-state index contributed by atoms with van der Waals surface area (Å²) in [4.78, 5) is 5.96. The van der Waals surface area contributed by atoms with Gasteiger partial charge in [0.15, 0.2) is 0 Å². The van der Waals surface area contributed by atoms with Gasteiger partial charge in [-0.05, 0) is 62.8 Å². The van der Waals surface area contributed by atoms with Gasteiger partial charge in [0, 0.05) is 48.9 Å². The first-order valence-corrected chi connectivity index (χ1v) is 9.09. The molecule has 2 aliphatic heterocycles. The number of piperidine rings is 1. The van der Waals surface area contributed by atoms with E-state index in [1.807, 2.05) is 13.1 Å². The van der Waals surface area contributed by atoms with Crippen LogP contribution < -0.4 is 0 Å². The molecule has 0 saturated carbocycles. The smallest absolute Gasteiger partial charge is 0.0707 e. The first kappa shape index (κ1) is 15.7. The number of rotatable bonds is 2. The number of fused-ring (bicyclic) bond motifs is 1. The quantitative estimate of drug-likeness (QED) is 0.847. The van der Waals surface area contributed by atoms with Gasteiger partial charge in [-0.25, -0.2) is 0 Å². The van der Waals surface area contributed by atoms with Crippen LogP contribution in [-0.2, 0) is 11.3 Å².